The lowest BCUT2D eigenvalue weighted by Gasteiger charge is -2.39. The third-order valence-electron chi connectivity index (χ3n) is 4.92. The molecule has 2 aliphatic rings. The molecule has 2 aliphatic heterocycles. The molecule has 2 unspecified atom stereocenters. The number of hydrogen-bond acceptors (Lipinski definition) is 3. The van der Waals surface area contributed by atoms with Crippen LogP contribution in [0.15, 0.2) is 11.4 Å². The van der Waals surface area contributed by atoms with Crippen LogP contribution in [0.4, 0.5) is 0 Å². The molecule has 1 aromatic heterocycles. The third kappa shape index (κ3) is 2.74. The molecule has 3 heterocycles. The molecule has 2 saturated heterocycles. The molecule has 0 amide bonds. The summed E-state index contributed by atoms with van der Waals surface area (Å²) in [6.45, 7) is 6.83. The van der Waals surface area contributed by atoms with Crippen LogP contribution in [0.25, 0.3) is 0 Å². The second-order valence-corrected chi connectivity index (χ2v) is 7.01. The fourth-order valence-electron chi connectivity index (χ4n) is 3.97. The first-order valence-electron chi connectivity index (χ1n) is 7.86. The number of piperidine rings is 1. The van der Waals surface area contributed by atoms with E-state index in [1.165, 1.54) is 38.6 Å². The fourth-order valence-corrected chi connectivity index (χ4v) is 4.96. The fraction of sp³-hybridized carbons (Fsp3) is 0.750. The van der Waals surface area contributed by atoms with E-state index < -0.39 is 0 Å². The van der Waals surface area contributed by atoms with Gasteiger partial charge in [0.25, 0.3) is 0 Å². The zero-order valence-electron chi connectivity index (χ0n) is 12.2. The van der Waals surface area contributed by atoms with E-state index in [-0.39, 0.29) is 0 Å². The van der Waals surface area contributed by atoms with Crippen LogP contribution in [0.1, 0.15) is 50.0 Å². The lowest BCUT2D eigenvalue weighted by molar-refractivity contribution is 0.111. The van der Waals surface area contributed by atoms with Crippen molar-refractivity contribution in [2.24, 2.45) is 0 Å². The molecular weight excluding hydrogens is 252 g/mol. The summed E-state index contributed by atoms with van der Waals surface area (Å²) in [6, 6.07) is 4.74. The van der Waals surface area contributed by atoms with Crippen molar-refractivity contribution in [1.82, 2.24) is 10.2 Å². The Kier molecular flexibility index (Phi) is 4.25. The molecule has 0 saturated carbocycles. The molecule has 3 rings (SSSR count). The normalized spacial score (nSPS) is 30.9. The van der Waals surface area contributed by atoms with Crippen molar-refractivity contribution < 1.29 is 0 Å². The van der Waals surface area contributed by atoms with Gasteiger partial charge in [-0.15, -0.1) is 11.3 Å². The van der Waals surface area contributed by atoms with E-state index in [0.29, 0.717) is 0 Å². The highest BCUT2D eigenvalue weighted by Gasteiger charge is 2.40. The summed E-state index contributed by atoms with van der Waals surface area (Å²) < 4.78 is 0. The van der Waals surface area contributed by atoms with E-state index in [1.807, 2.05) is 11.3 Å². The number of rotatable bonds is 5. The van der Waals surface area contributed by atoms with E-state index in [0.717, 1.165) is 24.7 Å². The van der Waals surface area contributed by atoms with Gasteiger partial charge < -0.3 is 5.32 Å². The number of thiophene rings is 1. The van der Waals surface area contributed by atoms with Gasteiger partial charge in [0, 0.05) is 29.5 Å². The second-order valence-electron chi connectivity index (χ2n) is 6.01. The molecule has 0 spiro atoms. The minimum atomic E-state index is 0.771. The Hall–Kier alpha value is -0.380. The maximum absolute atomic E-state index is 3.66. The third-order valence-corrected chi connectivity index (χ3v) is 5.87. The zero-order chi connectivity index (χ0) is 13.2. The molecule has 1 aromatic rings. The highest BCUT2D eigenvalue weighted by molar-refractivity contribution is 7.10. The molecule has 0 radical (unpaired) electrons. The number of aryl methyl sites for hydroxylation is 1. The van der Waals surface area contributed by atoms with E-state index in [2.05, 4.69) is 35.5 Å². The van der Waals surface area contributed by atoms with Gasteiger partial charge in [0.05, 0.1) is 0 Å². The molecule has 2 bridgehead atoms. The van der Waals surface area contributed by atoms with Gasteiger partial charge >= 0.3 is 0 Å². The first-order chi connectivity index (χ1) is 9.31. The van der Waals surface area contributed by atoms with Gasteiger partial charge in [-0.3, -0.25) is 4.90 Å². The van der Waals surface area contributed by atoms with Crippen LogP contribution in [-0.2, 0) is 13.0 Å². The summed E-state index contributed by atoms with van der Waals surface area (Å²) in [5.74, 6) is 0. The summed E-state index contributed by atoms with van der Waals surface area (Å²) in [5.41, 5.74) is 1.57. The van der Waals surface area contributed by atoms with E-state index in [1.54, 1.807) is 10.4 Å². The predicted molar refractivity (Wildman–Crippen MR) is 82.7 cm³/mol. The van der Waals surface area contributed by atoms with Gasteiger partial charge in [-0.25, -0.2) is 0 Å². The second kappa shape index (κ2) is 5.94. The lowest BCUT2D eigenvalue weighted by Crippen LogP contribution is -2.48. The van der Waals surface area contributed by atoms with Crippen molar-refractivity contribution in [3.63, 3.8) is 0 Å². The summed E-state index contributed by atoms with van der Waals surface area (Å²) in [5, 5.41) is 5.93. The Bertz CT molecular complexity index is 401. The topological polar surface area (TPSA) is 15.3 Å². The first kappa shape index (κ1) is 13.6. The largest absolute Gasteiger partial charge is 0.314 e. The van der Waals surface area contributed by atoms with Gasteiger partial charge in [-0.2, -0.15) is 0 Å². The quantitative estimate of drug-likeness (QED) is 0.888. The zero-order valence-corrected chi connectivity index (χ0v) is 13.0. The van der Waals surface area contributed by atoms with Gasteiger partial charge in [0.2, 0.25) is 0 Å². The Labute approximate surface area is 121 Å². The molecule has 2 fully saturated rings. The predicted octanol–water partition coefficient (Wildman–Crippen LogP) is 3.42. The Morgan fingerprint density at radius 3 is 2.63 bits per heavy atom. The highest BCUT2D eigenvalue weighted by Crippen LogP contribution is 2.37. The molecule has 106 valence electrons. The summed E-state index contributed by atoms with van der Waals surface area (Å²) in [4.78, 5) is 4.42. The van der Waals surface area contributed by atoms with Crippen LogP contribution in [0.3, 0.4) is 0 Å². The van der Waals surface area contributed by atoms with Crippen molar-refractivity contribution in [3.8, 4) is 0 Å². The number of hydrogen-bond donors (Lipinski definition) is 1. The Morgan fingerprint density at radius 2 is 2.00 bits per heavy atom. The van der Waals surface area contributed by atoms with Crippen molar-refractivity contribution in [3.05, 3.63) is 21.9 Å². The average Bonchev–Trinajstić information content (AvgIpc) is 2.94. The first-order valence-corrected chi connectivity index (χ1v) is 8.74. The monoisotopic (exact) mass is 278 g/mol. The molecule has 1 N–H and O–H groups in total. The summed E-state index contributed by atoms with van der Waals surface area (Å²) in [6.07, 6.45) is 6.73. The SMILES string of the molecule is CCNC1CC2CCC(C1)N2Cc1sccc1CC. The molecule has 0 aromatic carbocycles. The molecule has 2 atom stereocenters. The minimum absolute atomic E-state index is 0.771. The average molecular weight is 278 g/mol. The van der Waals surface area contributed by atoms with Crippen LogP contribution in [0.5, 0.6) is 0 Å². The maximum atomic E-state index is 3.66. The molecule has 0 aliphatic carbocycles. The van der Waals surface area contributed by atoms with E-state index in [4.69, 9.17) is 0 Å². The Balaban J connectivity index is 1.67. The number of fused-ring (bicyclic) bond motifs is 2. The highest BCUT2D eigenvalue weighted by atomic mass is 32.1. The van der Waals surface area contributed by atoms with Crippen molar-refractivity contribution in [1.29, 1.82) is 0 Å². The van der Waals surface area contributed by atoms with Crippen LogP contribution in [-0.4, -0.2) is 29.6 Å². The molecule has 19 heavy (non-hydrogen) atoms. The number of nitrogens with one attached hydrogen (secondary N) is 1. The molecular formula is C16H26N2S. The van der Waals surface area contributed by atoms with Gasteiger partial charge in [0.15, 0.2) is 0 Å². The summed E-state index contributed by atoms with van der Waals surface area (Å²) >= 11 is 1.95. The lowest BCUT2D eigenvalue weighted by atomic mass is 9.97. The molecule has 3 heteroatoms. The van der Waals surface area contributed by atoms with Gasteiger partial charge in [0.1, 0.15) is 0 Å². The molecule has 2 nitrogen and oxygen atoms in total. The minimum Gasteiger partial charge on any atom is -0.314 e. The smallest absolute Gasteiger partial charge is 0.0336 e. The standard InChI is InChI=1S/C16H26N2S/c1-3-12-7-8-19-16(12)11-18-14-5-6-15(18)10-13(9-14)17-4-2/h7-8,13-15,17H,3-6,9-11H2,1-2H3. The van der Waals surface area contributed by atoms with Crippen molar-refractivity contribution in [2.75, 3.05) is 6.54 Å². The van der Waals surface area contributed by atoms with Gasteiger partial charge in [-0.1, -0.05) is 13.8 Å². The van der Waals surface area contributed by atoms with Crippen LogP contribution >= 0.6 is 11.3 Å². The van der Waals surface area contributed by atoms with Gasteiger partial charge in [-0.05, 0) is 55.7 Å². The van der Waals surface area contributed by atoms with Crippen molar-refractivity contribution in [2.45, 2.75) is 70.6 Å². The van der Waals surface area contributed by atoms with Crippen molar-refractivity contribution >= 4 is 11.3 Å². The maximum Gasteiger partial charge on any atom is 0.0336 e. The summed E-state index contributed by atoms with van der Waals surface area (Å²) in [7, 11) is 0. The van der Waals surface area contributed by atoms with Crippen LogP contribution < -0.4 is 5.32 Å². The van der Waals surface area contributed by atoms with E-state index >= 15 is 0 Å². The van der Waals surface area contributed by atoms with E-state index in [9.17, 15) is 0 Å². The Morgan fingerprint density at radius 1 is 1.26 bits per heavy atom. The number of nitrogens with zero attached hydrogens (tertiary/aromatic N) is 1. The van der Waals surface area contributed by atoms with Crippen LogP contribution in [0, 0.1) is 0 Å². The van der Waals surface area contributed by atoms with Crippen LogP contribution in [0.2, 0.25) is 0 Å².